The highest BCUT2D eigenvalue weighted by atomic mass is 16.8. The van der Waals surface area contributed by atoms with Gasteiger partial charge in [0.05, 0.1) is 50.7 Å². The smallest absolute Gasteiger partial charge is 0.364 e. The van der Waals surface area contributed by atoms with Crippen molar-refractivity contribution in [2.75, 3.05) is 26.4 Å². The summed E-state index contributed by atoms with van der Waals surface area (Å²) < 4.78 is 35.0. The number of aliphatic carboxylic acids is 1. The van der Waals surface area contributed by atoms with Crippen LogP contribution in [0.5, 0.6) is 0 Å². The minimum atomic E-state index is -3.08. The number of carbonyl (C=O) groups is 3. The number of aliphatic hydroxyl groups is 11. The molecule has 23 nitrogen and oxygen atoms in total. The molecule has 3 fully saturated rings. The fourth-order valence-electron chi connectivity index (χ4n) is 14.8. The zero-order valence-electron chi connectivity index (χ0n) is 64.9. The molecule has 3 heterocycles. The first-order valence-corrected chi connectivity index (χ1v) is 42.0. The largest absolute Gasteiger partial charge is 0.477 e. The fraction of sp³-hybridized carbons (Fsp3) is 0.938. The molecule has 0 radical (unpaired) electrons. The van der Waals surface area contributed by atoms with Crippen LogP contribution in [0, 0.1) is 0 Å². The monoisotopic (exact) mass is 1490 g/mol. The van der Waals surface area contributed by atoms with E-state index in [0.717, 1.165) is 58.3 Å². The van der Waals surface area contributed by atoms with Crippen LogP contribution in [-0.4, -0.2) is 215 Å². The molecule has 23 heteroatoms. The van der Waals surface area contributed by atoms with Gasteiger partial charge in [0.1, 0.15) is 67.1 Å². The van der Waals surface area contributed by atoms with E-state index in [1.165, 1.54) is 244 Å². The predicted molar refractivity (Wildman–Crippen MR) is 403 cm³/mol. The van der Waals surface area contributed by atoms with E-state index >= 15 is 0 Å². The van der Waals surface area contributed by atoms with Crippen molar-refractivity contribution in [2.24, 2.45) is 0 Å². The molecule has 0 aromatic heterocycles. The first kappa shape index (κ1) is 95.7. The number of carbonyl (C=O) groups excluding carboxylic acids is 2. The molecule has 0 aromatic rings. The van der Waals surface area contributed by atoms with E-state index in [0.29, 0.717) is 19.3 Å². The zero-order valence-corrected chi connectivity index (χ0v) is 64.9. The molecule has 0 aromatic carbocycles. The van der Waals surface area contributed by atoms with Crippen LogP contribution in [-0.2, 0) is 42.8 Å². The molecule has 104 heavy (non-hydrogen) atoms. The maximum absolute atomic E-state index is 13.6. The maximum Gasteiger partial charge on any atom is 0.364 e. The molecule has 0 bridgehead atoms. The second-order valence-corrected chi connectivity index (χ2v) is 30.7. The van der Waals surface area contributed by atoms with Gasteiger partial charge >= 0.3 is 5.97 Å². The third kappa shape index (κ3) is 39.9. The van der Waals surface area contributed by atoms with Crippen LogP contribution in [0.2, 0.25) is 0 Å². The number of carboxylic acids is 1. The number of hydrogen-bond acceptors (Lipinski definition) is 20. The van der Waals surface area contributed by atoms with Crippen LogP contribution >= 0.6 is 0 Å². The molecular weight excluding hydrogens is 1340 g/mol. The topological polar surface area (TPSA) is 373 Å². The Kier molecular flexibility index (Phi) is 55.4. The van der Waals surface area contributed by atoms with Crippen molar-refractivity contribution < 1.29 is 104 Å². The van der Waals surface area contributed by atoms with Crippen LogP contribution < -0.4 is 10.6 Å². The minimum Gasteiger partial charge on any atom is -0.477 e. The van der Waals surface area contributed by atoms with E-state index in [2.05, 4.69) is 36.6 Å². The van der Waals surface area contributed by atoms with Gasteiger partial charge in [0.2, 0.25) is 11.8 Å². The minimum absolute atomic E-state index is 0.227. The third-order valence-electron chi connectivity index (χ3n) is 21.5. The van der Waals surface area contributed by atoms with Crippen molar-refractivity contribution in [1.29, 1.82) is 0 Å². The number of ether oxygens (including phenoxy) is 6. The molecule has 0 saturated carbocycles. The van der Waals surface area contributed by atoms with Gasteiger partial charge in [-0.3, -0.25) is 9.59 Å². The number of carboxylic acid groups (broad SMARTS) is 1. The van der Waals surface area contributed by atoms with Gasteiger partial charge in [-0.15, -0.1) is 0 Å². The molecule has 0 aliphatic carbocycles. The van der Waals surface area contributed by atoms with Crippen molar-refractivity contribution in [2.45, 2.75) is 458 Å². The van der Waals surface area contributed by atoms with Gasteiger partial charge < -0.3 is 100 Å². The van der Waals surface area contributed by atoms with Gasteiger partial charge in [-0.25, -0.2) is 4.79 Å². The van der Waals surface area contributed by atoms with Gasteiger partial charge in [0.25, 0.3) is 5.79 Å². The number of aliphatic hydroxyl groups excluding tert-OH is 11. The van der Waals surface area contributed by atoms with Crippen molar-refractivity contribution in [3.05, 3.63) is 12.2 Å². The summed E-state index contributed by atoms with van der Waals surface area (Å²) in [4.78, 5) is 38.7. The van der Waals surface area contributed by atoms with Crippen LogP contribution in [0.15, 0.2) is 12.2 Å². The Morgan fingerprint density at radius 2 is 0.894 bits per heavy atom. The van der Waals surface area contributed by atoms with Crippen molar-refractivity contribution >= 4 is 17.8 Å². The lowest BCUT2D eigenvalue weighted by Gasteiger charge is -2.50. The first-order valence-electron chi connectivity index (χ1n) is 42.0. The summed E-state index contributed by atoms with van der Waals surface area (Å²) >= 11 is 0. The Bertz CT molecular complexity index is 2120. The number of unbranched alkanes of at least 4 members (excludes halogenated alkanes) is 45. The van der Waals surface area contributed by atoms with Crippen LogP contribution in [0.4, 0.5) is 0 Å². The van der Waals surface area contributed by atoms with Gasteiger partial charge in [0.15, 0.2) is 12.6 Å². The maximum atomic E-state index is 13.6. The van der Waals surface area contributed by atoms with Crippen molar-refractivity contribution in [3.63, 3.8) is 0 Å². The summed E-state index contributed by atoms with van der Waals surface area (Å²) in [6.45, 7) is 2.26. The lowest BCUT2D eigenvalue weighted by molar-refractivity contribution is -0.386. The lowest BCUT2D eigenvalue weighted by atomic mass is 9.88. The molecule has 3 aliphatic heterocycles. The van der Waals surface area contributed by atoms with E-state index in [9.17, 15) is 75.7 Å². The summed E-state index contributed by atoms with van der Waals surface area (Å²) in [5, 5.41) is 137. The Morgan fingerprint density at radius 1 is 0.490 bits per heavy atom. The van der Waals surface area contributed by atoms with E-state index in [1.54, 1.807) is 0 Å². The summed E-state index contributed by atoms with van der Waals surface area (Å²) in [6.07, 6.45) is 36.4. The van der Waals surface area contributed by atoms with Crippen LogP contribution in [0.1, 0.15) is 348 Å². The molecule has 3 aliphatic rings. The number of amides is 2. The molecule has 2 amide bonds. The number of allylic oxidation sites excluding steroid dienone is 2. The van der Waals surface area contributed by atoms with E-state index in [1.807, 2.05) is 0 Å². The molecule has 14 N–H and O–H groups in total. The van der Waals surface area contributed by atoms with Gasteiger partial charge in [-0.05, 0) is 38.5 Å². The summed E-state index contributed by atoms with van der Waals surface area (Å²) in [7, 11) is 0. The van der Waals surface area contributed by atoms with E-state index in [4.69, 9.17) is 28.4 Å². The standard InChI is InChI=1S/C81H152N2O21/c1-4-6-8-10-12-14-16-18-20-22-24-25-26-27-28-29-30-31-32-33-34-35-36-37-39-41-43-45-47-49-51-53-55-68(91)83-62(63(88)54-52-50-48-46-44-42-40-38-23-21-19-17-15-13-11-9-7-5-2)60-99-78-73(95)72(94)75(67(59-86)101-78)102-79-74(96)77(71(93)66(58-85)100-79)104-81(80(97)98)56-64(89)69(82-61(3)87)76(103-81)70(92)65(90)57-84/h27-28,62-67,69-79,84-86,88-90,92-96H,4-26,29-60H2,1-3H3,(H,82,87)(H,83,91)(H,97,98)/b28-27-. The average Bonchev–Trinajstić information content (AvgIpc) is 0.753. The summed E-state index contributed by atoms with van der Waals surface area (Å²) in [5.74, 6) is -6.09. The molecule has 612 valence electrons. The van der Waals surface area contributed by atoms with Gasteiger partial charge in [0, 0.05) is 19.8 Å². The van der Waals surface area contributed by atoms with Gasteiger partial charge in [-0.1, -0.05) is 302 Å². The predicted octanol–water partition coefficient (Wildman–Crippen LogP) is 11.7. The van der Waals surface area contributed by atoms with Crippen LogP contribution in [0.3, 0.4) is 0 Å². The second kappa shape index (κ2) is 60.2. The highest BCUT2D eigenvalue weighted by molar-refractivity contribution is 5.77. The van der Waals surface area contributed by atoms with Gasteiger partial charge in [-0.2, -0.15) is 0 Å². The zero-order chi connectivity index (χ0) is 76.0. The quantitative estimate of drug-likeness (QED) is 0.0199. The molecular formula is C81H152N2O21. The molecule has 18 atom stereocenters. The summed E-state index contributed by atoms with van der Waals surface area (Å²) in [6, 6.07) is -2.53. The molecule has 3 saturated heterocycles. The van der Waals surface area contributed by atoms with Crippen molar-refractivity contribution in [1.82, 2.24) is 10.6 Å². The SMILES string of the molecule is CCCCCCCCCCCCCC/C=C\CCCCCCCCCCCCCCCCCCC(=O)NC(COC1OC(CO)C(OC2OC(CO)C(O)C(OC3(C(=O)O)CC(O)C(NC(C)=O)C(C(O)C(O)CO)O3)C2O)C(O)C1O)C(O)CCCCCCCCCCCCCCCCCCCC. The second-order valence-electron chi connectivity index (χ2n) is 30.7. The Morgan fingerprint density at radius 3 is 1.30 bits per heavy atom. The van der Waals surface area contributed by atoms with Crippen molar-refractivity contribution in [3.8, 4) is 0 Å². The van der Waals surface area contributed by atoms with E-state index < -0.39 is 148 Å². The Hall–Kier alpha value is -2.53. The summed E-state index contributed by atoms with van der Waals surface area (Å²) in [5.41, 5.74) is 0. The molecule has 3 rings (SSSR count). The number of hydrogen-bond donors (Lipinski definition) is 14. The van der Waals surface area contributed by atoms with Crippen LogP contribution in [0.25, 0.3) is 0 Å². The highest BCUT2D eigenvalue weighted by Crippen LogP contribution is 2.39. The number of nitrogens with one attached hydrogen (secondary N) is 2. The molecule has 0 spiro atoms. The normalized spacial score (nSPS) is 26.4. The van der Waals surface area contributed by atoms with E-state index in [-0.39, 0.29) is 18.9 Å². The Labute approximate surface area is 626 Å². The fourth-order valence-corrected chi connectivity index (χ4v) is 14.8. The lowest BCUT2D eigenvalue weighted by Crippen LogP contribution is -2.70. The first-order chi connectivity index (χ1) is 50.4. The Balaban J connectivity index is 1.46. The average molecular weight is 1490 g/mol. The highest BCUT2D eigenvalue weighted by Gasteiger charge is 2.60. The third-order valence-corrected chi connectivity index (χ3v) is 21.5. The molecule has 18 unspecified atom stereocenters. The number of rotatable bonds is 67.